The van der Waals surface area contributed by atoms with E-state index in [2.05, 4.69) is 5.32 Å². The summed E-state index contributed by atoms with van der Waals surface area (Å²) >= 11 is 0. The van der Waals surface area contributed by atoms with Crippen LogP contribution < -0.4 is 14.4 Å². The lowest BCUT2D eigenvalue weighted by molar-refractivity contribution is 0.102. The van der Waals surface area contributed by atoms with E-state index < -0.39 is 15.9 Å². The minimum Gasteiger partial charge on any atom is -0.495 e. The van der Waals surface area contributed by atoms with Gasteiger partial charge in [0.25, 0.3) is 15.9 Å². The van der Waals surface area contributed by atoms with E-state index >= 15 is 0 Å². The Labute approximate surface area is 170 Å². The minimum atomic E-state index is -3.82. The number of hydrogen-bond donors (Lipinski definition) is 1. The lowest BCUT2D eigenvalue weighted by Crippen LogP contribution is -2.31. The fourth-order valence-corrected chi connectivity index (χ4v) is 4.47. The second-order valence-electron chi connectivity index (χ2n) is 6.19. The van der Waals surface area contributed by atoms with Gasteiger partial charge in [0.2, 0.25) is 0 Å². The highest BCUT2D eigenvalue weighted by Crippen LogP contribution is 2.26. The first-order valence-corrected chi connectivity index (χ1v) is 10.5. The molecule has 0 fully saturated rings. The molecule has 0 aliphatic heterocycles. The minimum absolute atomic E-state index is 0.0517. The number of nitrogens with zero attached hydrogens (tertiary/aromatic N) is 1. The van der Waals surface area contributed by atoms with Crippen LogP contribution in [0.1, 0.15) is 17.3 Å². The Morgan fingerprint density at radius 3 is 2.34 bits per heavy atom. The van der Waals surface area contributed by atoms with Crippen LogP contribution in [-0.2, 0) is 10.0 Å². The first-order valence-electron chi connectivity index (χ1n) is 9.09. The molecule has 3 rings (SSSR count). The van der Waals surface area contributed by atoms with Crippen LogP contribution in [0.5, 0.6) is 5.75 Å². The van der Waals surface area contributed by atoms with Crippen LogP contribution in [-0.4, -0.2) is 28.0 Å². The maximum absolute atomic E-state index is 13.2. The van der Waals surface area contributed by atoms with E-state index in [0.29, 0.717) is 17.1 Å². The average Bonchev–Trinajstić information content (AvgIpc) is 2.75. The van der Waals surface area contributed by atoms with Gasteiger partial charge in [0.15, 0.2) is 0 Å². The van der Waals surface area contributed by atoms with Crippen LogP contribution in [0.3, 0.4) is 0 Å². The summed E-state index contributed by atoms with van der Waals surface area (Å²) in [4.78, 5) is 12.7. The van der Waals surface area contributed by atoms with Gasteiger partial charge in [-0.2, -0.15) is 0 Å². The predicted molar refractivity (Wildman–Crippen MR) is 114 cm³/mol. The lowest BCUT2D eigenvalue weighted by atomic mass is 10.2. The fourth-order valence-electron chi connectivity index (χ4n) is 2.95. The van der Waals surface area contributed by atoms with Crippen molar-refractivity contribution in [2.45, 2.75) is 11.8 Å². The zero-order chi connectivity index (χ0) is 20.9. The van der Waals surface area contributed by atoms with Crippen molar-refractivity contribution in [2.75, 3.05) is 23.3 Å². The van der Waals surface area contributed by atoms with Gasteiger partial charge in [-0.1, -0.05) is 36.4 Å². The Kier molecular flexibility index (Phi) is 6.19. The van der Waals surface area contributed by atoms with Crippen LogP contribution in [0.25, 0.3) is 0 Å². The number of hydrogen-bond acceptors (Lipinski definition) is 4. The molecule has 3 aromatic carbocycles. The van der Waals surface area contributed by atoms with Gasteiger partial charge in [-0.05, 0) is 49.4 Å². The Balaban J connectivity index is 1.91. The molecule has 0 spiro atoms. The first-order chi connectivity index (χ1) is 14.0. The molecule has 0 bridgehead atoms. The third kappa shape index (κ3) is 4.41. The third-order valence-electron chi connectivity index (χ3n) is 4.37. The van der Waals surface area contributed by atoms with E-state index in [0.717, 1.165) is 0 Å². The normalized spacial score (nSPS) is 11.0. The molecule has 7 heteroatoms. The van der Waals surface area contributed by atoms with Crippen molar-refractivity contribution in [1.82, 2.24) is 0 Å². The van der Waals surface area contributed by atoms with E-state index in [1.165, 1.54) is 23.5 Å². The second-order valence-corrected chi connectivity index (χ2v) is 8.05. The van der Waals surface area contributed by atoms with Crippen molar-refractivity contribution < 1.29 is 17.9 Å². The zero-order valence-electron chi connectivity index (χ0n) is 16.2. The number of amides is 1. The molecule has 0 aliphatic carbocycles. The van der Waals surface area contributed by atoms with Crippen molar-refractivity contribution in [2.24, 2.45) is 0 Å². The highest BCUT2D eigenvalue weighted by molar-refractivity contribution is 7.92. The summed E-state index contributed by atoms with van der Waals surface area (Å²) < 4.78 is 32.9. The number of ether oxygens (including phenoxy) is 1. The quantitative estimate of drug-likeness (QED) is 0.635. The molecule has 0 aliphatic rings. The number of sulfonamides is 1. The van der Waals surface area contributed by atoms with Gasteiger partial charge in [-0.3, -0.25) is 9.10 Å². The molecular weight excluding hydrogens is 388 g/mol. The summed E-state index contributed by atoms with van der Waals surface area (Å²) in [5.41, 5.74) is 1.31. The van der Waals surface area contributed by atoms with Gasteiger partial charge >= 0.3 is 0 Å². The van der Waals surface area contributed by atoms with Crippen LogP contribution in [0.4, 0.5) is 11.4 Å². The number of para-hydroxylation sites is 3. The molecule has 29 heavy (non-hydrogen) atoms. The summed E-state index contributed by atoms with van der Waals surface area (Å²) in [6, 6.07) is 21.9. The summed E-state index contributed by atoms with van der Waals surface area (Å²) in [5.74, 6) is 0.0974. The average molecular weight is 410 g/mol. The summed E-state index contributed by atoms with van der Waals surface area (Å²) in [7, 11) is -2.30. The highest BCUT2D eigenvalue weighted by atomic mass is 32.2. The highest BCUT2D eigenvalue weighted by Gasteiger charge is 2.24. The summed E-state index contributed by atoms with van der Waals surface area (Å²) in [6.45, 7) is 2.03. The van der Waals surface area contributed by atoms with E-state index in [1.54, 1.807) is 67.6 Å². The molecule has 0 aromatic heterocycles. The van der Waals surface area contributed by atoms with Crippen LogP contribution in [0.2, 0.25) is 0 Å². The molecule has 150 valence electrons. The van der Waals surface area contributed by atoms with Crippen molar-refractivity contribution in [3.05, 3.63) is 84.4 Å². The van der Waals surface area contributed by atoms with E-state index in [4.69, 9.17) is 4.74 Å². The van der Waals surface area contributed by atoms with E-state index in [-0.39, 0.29) is 17.0 Å². The number of methoxy groups -OCH3 is 1. The summed E-state index contributed by atoms with van der Waals surface area (Å²) in [5, 5.41) is 2.76. The van der Waals surface area contributed by atoms with Gasteiger partial charge < -0.3 is 10.1 Å². The number of nitrogens with one attached hydrogen (secondary N) is 1. The van der Waals surface area contributed by atoms with Gasteiger partial charge in [0.1, 0.15) is 5.75 Å². The first kappa shape index (κ1) is 20.4. The van der Waals surface area contributed by atoms with Crippen LogP contribution in [0.15, 0.2) is 83.8 Å². The lowest BCUT2D eigenvalue weighted by Gasteiger charge is -2.23. The van der Waals surface area contributed by atoms with Gasteiger partial charge in [0, 0.05) is 12.1 Å². The maximum atomic E-state index is 13.2. The smallest absolute Gasteiger partial charge is 0.264 e. The van der Waals surface area contributed by atoms with Crippen molar-refractivity contribution in [3.63, 3.8) is 0 Å². The largest absolute Gasteiger partial charge is 0.495 e. The molecule has 0 atom stereocenters. The Hall–Kier alpha value is -3.32. The molecule has 3 aromatic rings. The summed E-state index contributed by atoms with van der Waals surface area (Å²) in [6.07, 6.45) is 0. The molecule has 1 N–H and O–H groups in total. The SMILES string of the molecule is CCN(c1ccccc1)S(=O)(=O)c1cccc(C(=O)Nc2ccccc2OC)c1. The van der Waals surface area contributed by atoms with Gasteiger partial charge in [-0.15, -0.1) is 0 Å². The standard InChI is InChI=1S/C22H22N2O4S/c1-3-24(18-11-5-4-6-12-18)29(26,27)19-13-9-10-17(16-19)22(25)23-20-14-7-8-15-21(20)28-2/h4-16H,3H2,1-2H3,(H,23,25). The monoisotopic (exact) mass is 410 g/mol. The molecule has 0 radical (unpaired) electrons. The zero-order valence-corrected chi connectivity index (χ0v) is 17.0. The van der Waals surface area contributed by atoms with E-state index in [1.807, 2.05) is 6.07 Å². The fraction of sp³-hybridized carbons (Fsp3) is 0.136. The molecule has 0 saturated heterocycles. The number of carbonyl (C=O) groups excluding carboxylic acids is 1. The topological polar surface area (TPSA) is 75.7 Å². The van der Waals surface area contributed by atoms with Gasteiger partial charge in [-0.25, -0.2) is 8.42 Å². The number of anilines is 2. The van der Waals surface area contributed by atoms with Crippen molar-refractivity contribution in [1.29, 1.82) is 0 Å². The number of carbonyl (C=O) groups is 1. The van der Waals surface area contributed by atoms with Crippen LogP contribution in [0, 0.1) is 0 Å². The van der Waals surface area contributed by atoms with E-state index in [9.17, 15) is 13.2 Å². The maximum Gasteiger partial charge on any atom is 0.264 e. The van der Waals surface area contributed by atoms with Gasteiger partial charge in [0.05, 0.1) is 23.4 Å². The number of benzene rings is 3. The molecule has 0 heterocycles. The Bertz CT molecular complexity index is 1100. The van der Waals surface area contributed by atoms with Crippen LogP contribution >= 0.6 is 0 Å². The second kappa shape index (κ2) is 8.79. The Morgan fingerprint density at radius 1 is 0.966 bits per heavy atom. The third-order valence-corrected chi connectivity index (χ3v) is 6.27. The molecule has 6 nitrogen and oxygen atoms in total. The molecule has 1 amide bonds. The molecule has 0 unspecified atom stereocenters. The molecular formula is C22H22N2O4S. The van der Waals surface area contributed by atoms with Crippen molar-refractivity contribution >= 4 is 27.3 Å². The Morgan fingerprint density at radius 2 is 1.66 bits per heavy atom. The predicted octanol–water partition coefficient (Wildman–Crippen LogP) is 4.16. The molecule has 0 saturated carbocycles. The van der Waals surface area contributed by atoms with Crippen molar-refractivity contribution in [3.8, 4) is 5.75 Å². The number of rotatable bonds is 7.